The summed E-state index contributed by atoms with van der Waals surface area (Å²) in [5.41, 5.74) is 1.85. The molecule has 0 amide bonds. The Hall–Kier alpha value is -2.09. The number of nitrogens with zero attached hydrogens (tertiary/aromatic N) is 2. The van der Waals surface area contributed by atoms with Crippen molar-refractivity contribution in [2.45, 2.75) is 51.5 Å². The maximum atomic E-state index is 14.4. The summed E-state index contributed by atoms with van der Waals surface area (Å²) >= 11 is 6.41. The molecule has 6 nitrogen and oxygen atoms in total. The van der Waals surface area contributed by atoms with E-state index in [4.69, 9.17) is 16.3 Å². The molecule has 2 aliphatic heterocycles. The molecule has 2 N–H and O–H groups in total. The van der Waals surface area contributed by atoms with E-state index < -0.39 is 5.82 Å². The first-order valence-corrected chi connectivity index (χ1v) is 12.3. The van der Waals surface area contributed by atoms with Crippen LogP contribution in [0.2, 0.25) is 5.02 Å². The van der Waals surface area contributed by atoms with Gasteiger partial charge in [-0.05, 0) is 56.2 Å². The van der Waals surface area contributed by atoms with Crippen molar-refractivity contribution in [3.05, 3.63) is 40.9 Å². The van der Waals surface area contributed by atoms with Gasteiger partial charge >= 0.3 is 0 Å². The second-order valence-corrected chi connectivity index (χ2v) is 9.46. The number of hydrogen-bond acceptors (Lipinski definition) is 6. The number of nitrogens with one attached hydrogen (secondary N) is 2. The molecule has 2 aromatic rings. The molecule has 178 valence electrons. The van der Waals surface area contributed by atoms with Gasteiger partial charge in [0.25, 0.3) is 0 Å². The number of hydrogen-bond donors (Lipinski definition) is 2. The van der Waals surface area contributed by atoms with Gasteiger partial charge in [-0.2, -0.15) is 0 Å². The number of ether oxygens (including phenoxy) is 1. The van der Waals surface area contributed by atoms with Crippen molar-refractivity contribution < 1.29 is 13.9 Å². The van der Waals surface area contributed by atoms with Crippen LogP contribution >= 0.6 is 11.6 Å². The smallest absolute Gasteiger partial charge is 0.165 e. The molecule has 4 rings (SSSR count). The van der Waals surface area contributed by atoms with E-state index in [1.807, 2.05) is 0 Å². The summed E-state index contributed by atoms with van der Waals surface area (Å²) < 4.78 is 19.8. The van der Waals surface area contributed by atoms with Gasteiger partial charge in [0.1, 0.15) is 5.78 Å². The zero-order valence-corrected chi connectivity index (χ0v) is 19.8. The predicted molar refractivity (Wildman–Crippen MR) is 128 cm³/mol. The largest absolute Gasteiger partial charge is 0.381 e. The highest BCUT2D eigenvalue weighted by molar-refractivity contribution is 6.33. The third-order valence-corrected chi connectivity index (χ3v) is 7.05. The van der Waals surface area contributed by atoms with Crippen molar-refractivity contribution in [2.24, 2.45) is 11.8 Å². The average Bonchev–Trinajstić information content (AvgIpc) is 2.85. The average molecular weight is 475 g/mol. The summed E-state index contributed by atoms with van der Waals surface area (Å²) in [7, 11) is 0. The minimum absolute atomic E-state index is 0.0127. The highest BCUT2D eigenvalue weighted by atomic mass is 35.5. The van der Waals surface area contributed by atoms with E-state index in [-0.39, 0.29) is 23.9 Å². The number of aromatic nitrogens is 2. The molecular weight excluding hydrogens is 443 g/mol. The molecule has 2 fully saturated rings. The van der Waals surface area contributed by atoms with Gasteiger partial charge in [0.15, 0.2) is 11.6 Å². The van der Waals surface area contributed by atoms with E-state index in [2.05, 4.69) is 27.5 Å². The Labute approximate surface area is 199 Å². The number of ketones is 1. The predicted octanol–water partition coefficient (Wildman–Crippen LogP) is 4.66. The summed E-state index contributed by atoms with van der Waals surface area (Å²) in [4.78, 5) is 21.7. The quantitative estimate of drug-likeness (QED) is 0.579. The van der Waals surface area contributed by atoms with Crippen LogP contribution in [0.1, 0.15) is 44.7 Å². The van der Waals surface area contributed by atoms with Gasteiger partial charge < -0.3 is 15.4 Å². The van der Waals surface area contributed by atoms with Gasteiger partial charge in [0, 0.05) is 62.1 Å². The molecular formula is C25H32ClFN4O2. The Morgan fingerprint density at radius 2 is 2.09 bits per heavy atom. The van der Waals surface area contributed by atoms with Gasteiger partial charge in [0.05, 0.1) is 10.7 Å². The SMILES string of the molecule is CC[C@H]1CC[C@H](C(=O)Cc2cc(-c3ccc(F)c(NCC4CCOCC4)n3)c(Cl)cn2)CN1. The Bertz CT molecular complexity index is 959. The lowest BCUT2D eigenvalue weighted by Crippen LogP contribution is -2.41. The van der Waals surface area contributed by atoms with Crippen molar-refractivity contribution in [3.8, 4) is 11.3 Å². The standard InChI is InChI=1S/C25H32ClFN4O2/c1-2-18-4-3-17(14-28-18)24(32)12-19-11-20(21(26)15-29-19)23-6-5-22(27)25(31-23)30-13-16-7-9-33-10-8-16/h5-6,11,15-18,28H,2-4,7-10,12-14H2,1H3,(H,30,31)/t17-,18-/m0/s1. The van der Waals surface area contributed by atoms with Crippen molar-refractivity contribution in [1.82, 2.24) is 15.3 Å². The Morgan fingerprint density at radius 1 is 1.27 bits per heavy atom. The summed E-state index contributed by atoms with van der Waals surface area (Å²) in [5, 5.41) is 7.03. The second kappa shape index (κ2) is 11.4. The molecule has 0 bridgehead atoms. The summed E-state index contributed by atoms with van der Waals surface area (Å²) in [6.45, 7) is 5.02. The van der Waals surface area contributed by atoms with Gasteiger partial charge in [-0.3, -0.25) is 9.78 Å². The lowest BCUT2D eigenvalue weighted by atomic mass is 9.88. The van der Waals surface area contributed by atoms with Crippen LogP contribution in [0.4, 0.5) is 10.2 Å². The molecule has 0 radical (unpaired) electrons. The minimum Gasteiger partial charge on any atom is -0.381 e. The summed E-state index contributed by atoms with van der Waals surface area (Å²) in [6.07, 6.45) is 6.73. The summed E-state index contributed by atoms with van der Waals surface area (Å²) in [6, 6.07) is 5.31. The molecule has 4 heterocycles. The molecule has 0 aromatic carbocycles. The molecule has 2 atom stereocenters. The van der Waals surface area contributed by atoms with E-state index >= 15 is 0 Å². The number of pyridine rings is 2. The molecule has 33 heavy (non-hydrogen) atoms. The van der Waals surface area contributed by atoms with Gasteiger partial charge in [0.2, 0.25) is 0 Å². The minimum atomic E-state index is -0.401. The molecule has 0 unspecified atom stereocenters. The van der Waals surface area contributed by atoms with Crippen LogP contribution in [0.25, 0.3) is 11.3 Å². The van der Waals surface area contributed by atoms with Gasteiger partial charge in [-0.25, -0.2) is 9.37 Å². The maximum absolute atomic E-state index is 14.4. The van der Waals surface area contributed by atoms with Crippen molar-refractivity contribution in [3.63, 3.8) is 0 Å². The molecule has 2 saturated heterocycles. The first-order valence-electron chi connectivity index (χ1n) is 11.9. The summed E-state index contributed by atoms with van der Waals surface area (Å²) in [5.74, 6) is 0.444. The van der Waals surface area contributed by atoms with E-state index in [9.17, 15) is 9.18 Å². The monoisotopic (exact) mass is 474 g/mol. The van der Waals surface area contributed by atoms with E-state index in [1.165, 1.54) is 6.07 Å². The van der Waals surface area contributed by atoms with Crippen LogP contribution in [0.5, 0.6) is 0 Å². The molecule has 0 aliphatic carbocycles. The Kier molecular flexibility index (Phi) is 8.28. The van der Waals surface area contributed by atoms with Crippen molar-refractivity contribution in [2.75, 3.05) is 31.6 Å². The third kappa shape index (κ3) is 6.28. The third-order valence-electron chi connectivity index (χ3n) is 6.75. The number of piperidine rings is 1. The van der Waals surface area contributed by atoms with Gasteiger partial charge in [-0.1, -0.05) is 18.5 Å². The Balaban J connectivity index is 1.45. The lowest BCUT2D eigenvalue weighted by Gasteiger charge is -2.28. The van der Waals surface area contributed by atoms with E-state index in [1.54, 1.807) is 18.3 Å². The zero-order valence-electron chi connectivity index (χ0n) is 19.1. The molecule has 0 saturated carbocycles. The molecule has 2 aliphatic rings. The molecule has 2 aromatic heterocycles. The molecule has 8 heteroatoms. The number of carbonyl (C=O) groups is 1. The van der Waals surface area contributed by atoms with Crippen LogP contribution < -0.4 is 10.6 Å². The van der Waals surface area contributed by atoms with E-state index in [0.29, 0.717) is 40.5 Å². The zero-order chi connectivity index (χ0) is 23.2. The van der Waals surface area contributed by atoms with Crippen LogP contribution in [-0.2, 0) is 16.0 Å². The number of Topliss-reactive ketones (excluding diaryl/α,β-unsaturated/α-hetero) is 1. The number of halogens is 2. The fourth-order valence-corrected chi connectivity index (χ4v) is 4.74. The topological polar surface area (TPSA) is 76.1 Å². The van der Waals surface area contributed by atoms with Crippen LogP contribution in [0.15, 0.2) is 24.4 Å². The van der Waals surface area contributed by atoms with Crippen LogP contribution in [-0.4, -0.2) is 48.1 Å². The normalized spacial score (nSPS) is 21.7. The number of carbonyl (C=O) groups excluding carboxylic acids is 1. The highest BCUT2D eigenvalue weighted by Crippen LogP contribution is 2.29. The number of anilines is 1. The fraction of sp³-hybridized carbons (Fsp3) is 0.560. The number of rotatable bonds is 8. The van der Waals surface area contributed by atoms with Crippen LogP contribution in [0.3, 0.4) is 0 Å². The first-order chi connectivity index (χ1) is 16.0. The van der Waals surface area contributed by atoms with E-state index in [0.717, 1.165) is 51.9 Å². The fourth-order valence-electron chi connectivity index (χ4n) is 4.54. The van der Waals surface area contributed by atoms with Crippen molar-refractivity contribution in [1.29, 1.82) is 0 Å². The Morgan fingerprint density at radius 3 is 2.82 bits per heavy atom. The highest BCUT2D eigenvalue weighted by Gasteiger charge is 2.25. The van der Waals surface area contributed by atoms with Gasteiger partial charge in [-0.15, -0.1) is 0 Å². The van der Waals surface area contributed by atoms with Crippen molar-refractivity contribution >= 4 is 23.2 Å². The first kappa shape index (κ1) is 24.0. The lowest BCUT2D eigenvalue weighted by molar-refractivity contribution is -0.122. The maximum Gasteiger partial charge on any atom is 0.165 e. The molecule has 0 spiro atoms. The second-order valence-electron chi connectivity index (χ2n) is 9.05. The van der Waals surface area contributed by atoms with Crippen LogP contribution in [0, 0.1) is 17.7 Å².